The van der Waals surface area contributed by atoms with Crippen molar-refractivity contribution in [1.29, 1.82) is 0 Å². The van der Waals surface area contributed by atoms with Crippen molar-refractivity contribution in [1.82, 2.24) is 4.90 Å². The highest BCUT2D eigenvalue weighted by atomic mass is 32.2. The van der Waals surface area contributed by atoms with Crippen molar-refractivity contribution in [3.05, 3.63) is 33.9 Å². The van der Waals surface area contributed by atoms with Crippen LogP contribution in [-0.4, -0.2) is 44.1 Å². The van der Waals surface area contributed by atoms with E-state index in [1.807, 2.05) is 0 Å². The Morgan fingerprint density at radius 1 is 1.24 bits per heavy atom. The first-order valence-corrected chi connectivity index (χ1v) is 8.97. The molecule has 0 saturated carbocycles. The lowest BCUT2D eigenvalue weighted by molar-refractivity contribution is -0.387. The SMILES string of the molecule is CS(=O)(=O)c1ccc(CCN2CCCCC2)cc1[N+](=O)[O-]. The Morgan fingerprint density at radius 2 is 1.90 bits per heavy atom. The molecule has 2 rings (SSSR count). The second-order valence-corrected chi connectivity index (χ2v) is 7.47. The number of nitro benzene ring substituents is 1. The van der Waals surface area contributed by atoms with Crippen molar-refractivity contribution in [2.24, 2.45) is 0 Å². The molecule has 0 spiro atoms. The van der Waals surface area contributed by atoms with E-state index in [4.69, 9.17) is 0 Å². The van der Waals surface area contributed by atoms with Crippen LogP contribution >= 0.6 is 0 Å². The van der Waals surface area contributed by atoms with E-state index in [2.05, 4.69) is 4.90 Å². The Kier molecular flexibility index (Phi) is 4.95. The number of nitrogens with zero attached hydrogens (tertiary/aromatic N) is 2. The second kappa shape index (κ2) is 6.53. The van der Waals surface area contributed by atoms with Crippen LogP contribution in [0.25, 0.3) is 0 Å². The number of benzene rings is 1. The van der Waals surface area contributed by atoms with Crippen LogP contribution in [-0.2, 0) is 16.3 Å². The Balaban J connectivity index is 2.14. The normalized spacial score (nSPS) is 16.8. The largest absolute Gasteiger partial charge is 0.303 e. The number of nitro groups is 1. The van der Waals surface area contributed by atoms with E-state index in [1.54, 1.807) is 6.07 Å². The molecule has 0 aromatic heterocycles. The van der Waals surface area contributed by atoms with E-state index in [1.165, 1.54) is 31.4 Å². The summed E-state index contributed by atoms with van der Waals surface area (Å²) in [6.07, 6.45) is 5.36. The lowest BCUT2D eigenvalue weighted by Gasteiger charge is -2.26. The molecular weight excluding hydrogens is 292 g/mol. The van der Waals surface area contributed by atoms with Gasteiger partial charge in [0.15, 0.2) is 9.84 Å². The molecule has 0 N–H and O–H groups in total. The van der Waals surface area contributed by atoms with Crippen molar-refractivity contribution < 1.29 is 13.3 Å². The molecule has 0 aliphatic carbocycles. The van der Waals surface area contributed by atoms with Crippen molar-refractivity contribution in [2.75, 3.05) is 25.9 Å². The Morgan fingerprint density at radius 3 is 2.48 bits per heavy atom. The fraction of sp³-hybridized carbons (Fsp3) is 0.571. The minimum Gasteiger partial charge on any atom is -0.303 e. The lowest BCUT2D eigenvalue weighted by atomic mass is 10.1. The molecule has 1 heterocycles. The number of hydrogen-bond donors (Lipinski definition) is 0. The minimum atomic E-state index is -3.58. The number of piperidine rings is 1. The minimum absolute atomic E-state index is 0.214. The van der Waals surface area contributed by atoms with Crippen LogP contribution in [0.15, 0.2) is 23.1 Å². The van der Waals surface area contributed by atoms with Crippen LogP contribution in [0, 0.1) is 10.1 Å². The first-order chi connectivity index (χ1) is 9.88. The Bertz CT molecular complexity index is 622. The van der Waals surface area contributed by atoms with E-state index < -0.39 is 14.8 Å². The topological polar surface area (TPSA) is 80.5 Å². The maximum atomic E-state index is 11.6. The quantitative estimate of drug-likeness (QED) is 0.614. The first-order valence-electron chi connectivity index (χ1n) is 7.07. The molecule has 0 atom stereocenters. The van der Waals surface area contributed by atoms with Gasteiger partial charge in [0, 0.05) is 18.9 Å². The molecule has 1 saturated heterocycles. The van der Waals surface area contributed by atoms with E-state index in [-0.39, 0.29) is 10.6 Å². The molecule has 1 fully saturated rings. The van der Waals surface area contributed by atoms with Crippen LogP contribution in [0.4, 0.5) is 5.69 Å². The summed E-state index contributed by atoms with van der Waals surface area (Å²) in [5.74, 6) is 0. The summed E-state index contributed by atoms with van der Waals surface area (Å²) in [5, 5.41) is 11.1. The molecule has 7 heteroatoms. The highest BCUT2D eigenvalue weighted by molar-refractivity contribution is 7.90. The van der Waals surface area contributed by atoms with E-state index in [9.17, 15) is 18.5 Å². The maximum Gasteiger partial charge on any atom is 0.288 e. The van der Waals surface area contributed by atoms with Crippen LogP contribution in [0.3, 0.4) is 0 Å². The van der Waals surface area contributed by atoms with Crippen LogP contribution in [0.2, 0.25) is 0 Å². The smallest absolute Gasteiger partial charge is 0.288 e. The zero-order valence-corrected chi connectivity index (χ0v) is 12.9. The van der Waals surface area contributed by atoms with Crippen molar-refractivity contribution in [3.8, 4) is 0 Å². The third kappa shape index (κ3) is 4.25. The predicted octanol–water partition coefficient (Wildman–Crippen LogP) is 2.03. The van der Waals surface area contributed by atoms with Gasteiger partial charge in [-0.1, -0.05) is 12.5 Å². The standard InChI is InChI=1S/C14H20N2O4S/c1-21(19,20)14-6-5-12(11-13(14)16(17)18)7-10-15-8-3-2-4-9-15/h5-6,11H,2-4,7-10H2,1H3. The summed E-state index contributed by atoms with van der Waals surface area (Å²) in [6, 6.07) is 4.41. The molecule has 0 radical (unpaired) electrons. The summed E-state index contributed by atoms with van der Waals surface area (Å²) in [5.41, 5.74) is 0.480. The monoisotopic (exact) mass is 312 g/mol. The maximum absolute atomic E-state index is 11.6. The average molecular weight is 312 g/mol. The third-order valence-electron chi connectivity index (χ3n) is 3.78. The van der Waals surface area contributed by atoms with Crippen LogP contribution < -0.4 is 0 Å². The van der Waals surface area contributed by atoms with Gasteiger partial charge >= 0.3 is 0 Å². The molecule has 1 aliphatic rings. The average Bonchev–Trinajstić information content (AvgIpc) is 2.45. The predicted molar refractivity (Wildman–Crippen MR) is 80.2 cm³/mol. The molecule has 116 valence electrons. The number of sulfone groups is 1. The molecular formula is C14H20N2O4S. The summed E-state index contributed by atoms with van der Waals surface area (Å²) in [7, 11) is -3.58. The number of hydrogen-bond acceptors (Lipinski definition) is 5. The lowest BCUT2D eigenvalue weighted by Crippen LogP contribution is -2.31. The third-order valence-corrected chi connectivity index (χ3v) is 4.93. The van der Waals surface area contributed by atoms with Gasteiger partial charge in [-0.15, -0.1) is 0 Å². The number of likely N-dealkylation sites (tertiary alicyclic amines) is 1. The van der Waals surface area contributed by atoms with Crippen molar-refractivity contribution in [3.63, 3.8) is 0 Å². The highest BCUT2D eigenvalue weighted by Crippen LogP contribution is 2.25. The zero-order valence-electron chi connectivity index (χ0n) is 12.1. The van der Waals surface area contributed by atoms with Gasteiger partial charge in [-0.05, 0) is 44.0 Å². The number of rotatable bonds is 5. The van der Waals surface area contributed by atoms with Crippen LogP contribution in [0.1, 0.15) is 24.8 Å². The Labute approximate surface area is 124 Å². The molecule has 1 aromatic rings. The van der Waals surface area contributed by atoms with Gasteiger partial charge in [0.1, 0.15) is 4.90 Å². The highest BCUT2D eigenvalue weighted by Gasteiger charge is 2.22. The van der Waals surface area contributed by atoms with Gasteiger partial charge in [0.25, 0.3) is 5.69 Å². The van der Waals surface area contributed by atoms with Gasteiger partial charge in [0.2, 0.25) is 0 Å². The first kappa shape index (κ1) is 15.9. The molecule has 0 amide bonds. The summed E-state index contributed by atoms with van der Waals surface area (Å²) in [4.78, 5) is 12.6. The van der Waals surface area contributed by atoms with Gasteiger partial charge < -0.3 is 4.90 Å². The molecule has 21 heavy (non-hydrogen) atoms. The fourth-order valence-electron chi connectivity index (χ4n) is 2.64. The summed E-state index contributed by atoms with van der Waals surface area (Å²) in [6.45, 7) is 3.00. The molecule has 1 aliphatic heterocycles. The molecule has 6 nitrogen and oxygen atoms in total. The molecule has 0 bridgehead atoms. The van der Waals surface area contributed by atoms with Gasteiger partial charge in [0.05, 0.1) is 4.92 Å². The van der Waals surface area contributed by atoms with Crippen molar-refractivity contribution in [2.45, 2.75) is 30.6 Å². The van der Waals surface area contributed by atoms with Gasteiger partial charge in [-0.25, -0.2) is 8.42 Å². The summed E-state index contributed by atoms with van der Waals surface area (Å²) >= 11 is 0. The zero-order chi connectivity index (χ0) is 15.5. The van der Waals surface area contributed by atoms with E-state index in [0.717, 1.165) is 31.5 Å². The van der Waals surface area contributed by atoms with E-state index >= 15 is 0 Å². The molecule has 0 unspecified atom stereocenters. The summed E-state index contributed by atoms with van der Waals surface area (Å²) < 4.78 is 23.1. The van der Waals surface area contributed by atoms with Crippen LogP contribution in [0.5, 0.6) is 0 Å². The second-order valence-electron chi connectivity index (χ2n) is 5.48. The van der Waals surface area contributed by atoms with Gasteiger partial charge in [-0.2, -0.15) is 0 Å². The Hall–Kier alpha value is -1.47. The van der Waals surface area contributed by atoms with E-state index in [0.29, 0.717) is 6.42 Å². The van der Waals surface area contributed by atoms with Gasteiger partial charge in [-0.3, -0.25) is 10.1 Å². The van der Waals surface area contributed by atoms with Crippen molar-refractivity contribution >= 4 is 15.5 Å². The fourth-order valence-corrected chi connectivity index (χ4v) is 3.47. The molecule has 1 aromatic carbocycles.